The molecule has 1 aromatic heterocycles. The molecule has 0 unspecified atom stereocenters. The molecule has 0 saturated heterocycles. The highest BCUT2D eigenvalue weighted by atomic mass is 32.2. The standard InChI is InChI=1S/C17H19N3O2S2/c1-3-20-16(22)15-13(8-9-23-15)19-17(20)24-10-14(21)18-12-7-5-4-6-11(12)2/h4-7H,3,8-10H2,1-2H3,(H,18,21). The Morgan fingerprint density at radius 2 is 2.21 bits per heavy atom. The highest BCUT2D eigenvalue weighted by molar-refractivity contribution is 8.00. The van der Waals surface area contributed by atoms with Crippen molar-refractivity contribution in [1.82, 2.24) is 9.55 Å². The van der Waals surface area contributed by atoms with Crippen LogP contribution in [0.3, 0.4) is 0 Å². The van der Waals surface area contributed by atoms with E-state index in [9.17, 15) is 9.59 Å². The molecule has 1 aliphatic rings. The van der Waals surface area contributed by atoms with Crippen LogP contribution >= 0.6 is 23.5 Å². The number of para-hydroxylation sites is 1. The number of carbonyl (C=O) groups excluding carboxylic acids is 1. The van der Waals surface area contributed by atoms with Crippen molar-refractivity contribution in [3.05, 3.63) is 45.9 Å². The minimum atomic E-state index is -0.0962. The first-order chi connectivity index (χ1) is 11.6. The van der Waals surface area contributed by atoms with Gasteiger partial charge in [-0.2, -0.15) is 0 Å². The van der Waals surface area contributed by atoms with Crippen LogP contribution in [0.15, 0.2) is 39.1 Å². The predicted molar refractivity (Wildman–Crippen MR) is 99.1 cm³/mol. The zero-order valence-corrected chi connectivity index (χ0v) is 15.3. The quantitative estimate of drug-likeness (QED) is 0.655. The molecule has 1 aliphatic heterocycles. The van der Waals surface area contributed by atoms with Crippen molar-refractivity contribution in [2.24, 2.45) is 0 Å². The second-order valence-electron chi connectivity index (χ2n) is 5.47. The van der Waals surface area contributed by atoms with Crippen LogP contribution < -0.4 is 10.9 Å². The van der Waals surface area contributed by atoms with Crippen LogP contribution in [0.4, 0.5) is 5.69 Å². The second-order valence-corrected chi connectivity index (χ2v) is 7.52. The molecule has 3 rings (SSSR count). The number of anilines is 1. The summed E-state index contributed by atoms with van der Waals surface area (Å²) in [5, 5.41) is 3.53. The van der Waals surface area contributed by atoms with E-state index in [2.05, 4.69) is 10.3 Å². The molecule has 2 aromatic rings. The van der Waals surface area contributed by atoms with E-state index in [1.807, 2.05) is 38.1 Å². The Hall–Kier alpha value is -1.73. The summed E-state index contributed by atoms with van der Waals surface area (Å²) in [6, 6.07) is 7.67. The van der Waals surface area contributed by atoms with Gasteiger partial charge < -0.3 is 5.32 Å². The van der Waals surface area contributed by atoms with E-state index < -0.39 is 0 Å². The molecule has 0 bridgehead atoms. The lowest BCUT2D eigenvalue weighted by Crippen LogP contribution is -2.25. The zero-order valence-electron chi connectivity index (χ0n) is 13.7. The second kappa shape index (κ2) is 7.44. The third-order valence-electron chi connectivity index (χ3n) is 3.82. The van der Waals surface area contributed by atoms with Crippen molar-refractivity contribution in [2.75, 3.05) is 16.8 Å². The Balaban J connectivity index is 1.73. The van der Waals surface area contributed by atoms with E-state index in [4.69, 9.17) is 0 Å². The molecule has 2 heterocycles. The number of fused-ring (bicyclic) bond motifs is 1. The molecule has 0 atom stereocenters. The maximum absolute atomic E-state index is 12.5. The summed E-state index contributed by atoms with van der Waals surface area (Å²) in [4.78, 5) is 30.1. The normalized spacial score (nSPS) is 12.9. The van der Waals surface area contributed by atoms with Crippen LogP contribution in [-0.2, 0) is 17.8 Å². The number of benzene rings is 1. The van der Waals surface area contributed by atoms with Crippen molar-refractivity contribution >= 4 is 35.1 Å². The van der Waals surface area contributed by atoms with Crippen LogP contribution in [0, 0.1) is 6.92 Å². The van der Waals surface area contributed by atoms with Crippen LogP contribution in [0.25, 0.3) is 0 Å². The highest BCUT2D eigenvalue weighted by Gasteiger charge is 2.21. The predicted octanol–water partition coefficient (Wildman–Crippen LogP) is 2.95. The molecule has 0 aliphatic carbocycles. The van der Waals surface area contributed by atoms with Crippen molar-refractivity contribution in [1.29, 1.82) is 0 Å². The van der Waals surface area contributed by atoms with Gasteiger partial charge in [-0.1, -0.05) is 30.0 Å². The van der Waals surface area contributed by atoms with Gasteiger partial charge in [-0.15, -0.1) is 11.8 Å². The number of aromatic nitrogens is 2. The first kappa shape index (κ1) is 17.1. The summed E-state index contributed by atoms with van der Waals surface area (Å²) in [6.45, 7) is 4.44. The third kappa shape index (κ3) is 3.52. The number of amides is 1. The maximum atomic E-state index is 12.5. The van der Waals surface area contributed by atoms with Crippen LogP contribution in [0.5, 0.6) is 0 Å². The minimum Gasteiger partial charge on any atom is -0.325 e. The lowest BCUT2D eigenvalue weighted by molar-refractivity contribution is -0.113. The summed E-state index contributed by atoms with van der Waals surface area (Å²) in [5.74, 6) is 1.04. The van der Waals surface area contributed by atoms with Gasteiger partial charge in [0.25, 0.3) is 5.56 Å². The summed E-state index contributed by atoms with van der Waals surface area (Å²) < 4.78 is 1.66. The fraction of sp³-hybridized carbons (Fsp3) is 0.353. The van der Waals surface area contributed by atoms with E-state index in [0.717, 1.165) is 34.0 Å². The van der Waals surface area contributed by atoms with Crippen molar-refractivity contribution in [3.63, 3.8) is 0 Å². The fourth-order valence-electron chi connectivity index (χ4n) is 2.54. The van der Waals surface area contributed by atoms with Crippen LogP contribution in [0.2, 0.25) is 0 Å². The van der Waals surface area contributed by atoms with E-state index in [-0.39, 0.29) is 17.2 Å². The van der Waals surface area contributed by atoms with Crippen LogP contribution in [0.1, 0.15) is 18.2 Å². The first-order valence-electron chi connectivity index (χ1n) is 7.85. The number of aryl methyl sites for hydroxylation is 2. The number of hydrogen-bond donors (Lipinski definition) is 1. The Labute approximate surface area is 149 Å². The number of nitrogens with zero attached hydrogens (tertiary/aromatic N) is 2. The van der Waals surface area contributed by atoms with Gasteiger partial charge in [0.1, 0.15) is 0 Å². The molecule has 0 fully saturated rings. The van der Waals surface area contributed by atoms with E-state index in [1.165, 1.54) is 11.8 Å². The topological polar surface area (TPSA) is 64.0 Å². The molecule has 1 amide bonds. The molecule has 1 N–H and O–H groups in total. The van der Waals surface area contributed by atoms with E-state index in [1.54, 1.807) is 16.3 Å². The number of carbonyl (C=O) groups is 1. The molecule has 0 saturated carbocycles. The van der Waals surface area contributed by atoms with Gasteiger partial charge >= 0.3 is 0 Å². The minimum absolute atomic E-state index is 0.0202. The molecule has 7 heteroatoms. The maximum Gasteiger partial charge on any atom is 0.268 e. The lowest BCUT2D eigenvalue weighted by atomic mass is 10.2. The molecular formula is C17H19N3O2S2. The van der Waals surface area contributed by atoms with Gasteiger partial charge in [0, 0.05) is 24.4 Å². The third-order valence-corrected chi connectivity index (χ3v) is 5.90. The van der Waals surface area contributed by atoms with Gasteiger partial charge in [-0.05, 0) is 25.5 Å². The number of thioether (sulfide) groups is 2. The summed E-state index contributed by atoms with van der Waals surface area (Å²) >= 11 is 2.89. The van der Waals surface area contributed by atoms with Crippen molar-refractivity contribution < 1.29 is 4.79 Å². The summed E-state index contributed by atoms with van der Waals surface area (Å²) in [5.41, 5.74) is 2.73. The van der Waals surface area contributed by atoms with Gasteiger partial charge in [0.2, 0.25) is 5.91 Å². The Kier molecular flexibility index (Phi) is 5.30. The molecule has 5 nitrogen and oxygen atoms in total. The average Bonchev–Trinajstić information content (AvgIpc) is 3.04. The number of hydrogen-bond acceptors (Lipinski definition) is 5. The molecule has 126 valence electrons. The van der Waals surface area contributed by atoms with Gasteiger partial charge in [0.15, 0.2) is 5.16 Å². The molecular weight excluding hydrogens is 342 g/mol. The Bertz CT molecular complexity index is 833. The Morgan fingerprint density at radius 1 is 1.42 bits per heavy atom. The zero-order chi connectivity index (χ0) is 17.1. The van der Waals surface area contributed by atoms with Gasteiger partial charge in [0.05, 0.1) is 16.3 Å². The summed E-state index contributed by atoms with van der Waals surface area (Å²) in [7, 11) is 0. The molecule has 0 radical (unpaired) electrons. The monoisotopic (exact) mass is 361 g/mol. The first-order valence-corrected chi connectivity index (χ1v) is 9.82. The Morgan fingerprint density at radius 3 is 2.96 bits per heavy atom. The van der Waals surface area contributed by atoms with Crippen LogP contribution in [-0.4, -0.2) is 27.0 Å². The van der Waals surface area contributed by atoms with E-state index >= 15 is 0 Å². The smallest absolute Gasteiger partial charge is 0.268 e. The fourth-order valence-corrected chi connectivity index (χ4v) is 4.46. The number of rotatable bonds is 5. The average molecular weight is 361 g/mol. The highest BCUT2D eigenvalue weighted by Crippen LogP contribution is 2.28. The number of nitrogens with one attached hydrogen (secondary N) is 1. The molecule has 24 heavy (non-hydrogen) atoms. The molecule has 0 spiro atoms. The summed E-state index contributed by atoms with van der Waals surface area (Å²) in [6.07, 6.45) is 0.822. The van der Waals surface area contributed by atoms with Gasteiger partial charge in [-0.25, -0.2) is 4.98 Å². The molecule has 1 aromatic carbocycles. The van der Waals surface area contributed by atoms with Crippen molar-refractivity contribution in [2.45, 2.75) is 36.9 Å². The lowest BCUT2D eigenvalue weighted by Gasteiger charge is -2.12. The SMILES string of the molecule is CCn1c(SCC(=O)Nc2ccccc2C)nc2c(c1=O)SCC2. The van der Waals surface area contributed by atoms with E-state index in [0.29, 0.717) is 11.7 Å². The van der Waals surface area contributed by atoms with Gasteiger partial charge in [-0.3, -0.25) is 14.2 Å². The largest absolute Gasteiger partial charge is 0.325 e. The van der Waals surface area contributed by atoms with Crippen molar-refractivity contribution in [3.8, 4) is 0 Å².